The summed E-state index contributed by atoms with van der Waals surface area (Å²) in [6, 6.07) is 0. The maximum absolute atomic E-state index is 2.23. The van der Waals surface area contributed by atoms with Crippen molar-refractivity contribution in [3.8, 4) is 0 Å². The van der Waals surface area contributed by atoms with Crippen molar-refractivity contribution in [1.82, 2.24) is 0 Å². The molecule has 0 saturated carbocycles. The Labute approximate surface area is 77.3 Å². The molecule has 0 heterocycles. The van der Waals surface area contributed by atoms with E-state index in [1.807, 2.05) is 35.8 Å². The van der Waals surface area contributed by atoms with E-state index in [0.29, 0.717) is 0 Å². The highest BCUT2D eigenvalue weighted by Gasteiger charge is 2.25. The zero-order valence-electron chi connectivity index (χ0n) is 7.09. The Bertz CT molecular complexity index is 74.8. The van der Waals surface area contributed by atoms with Crippen molar-refractivity contribution in [1.29, 1.82) is 0 Å². The van der Waals surface area contributed by atoms with Gasteiger partial charge in [-0.2, -0.15) is 0 Å². The molecule has 0 aliphatic carbocycles. The fraction of sp³-hybridized carbons (Fsp3) is 1.00. The lowest BCUT2D eigenvalue weighted by atomic mass is 10.5. The van der Waals surface area contributed by atoms with Crippen LogP contribution in [0.15, 0.2) is 0 Å². The molecule has 0 unspecified atom stereocenters. The summed E-state index contributed by atoms with van der Waals surface area (Å²) in [5, 5.41) is 0. The first-order valence-corrected chi connectivity index (χ1v) is 6.84. The van der Waals surface area contributed by atoms with E-state index in [2.05, 4.69) is 25.7 Å². The summed E-state index contributed by atoms with van der Waals surface area (Å²) in [5.41, 5.74) is 0. The fourth-order valence-electron chi connectivity index (χ4n) is 0.771. The van der Waals surface area contributed by atoms with Gasteiger partial charge < -0.3 is 0 Å². The Kier molecular flexibility index (Phi) is 6.20. The van der Waals surface area contributed by atoms with Crippen LogP contribution in [0.5, 0.6) is 0 Å². The summed E-state index contributed by atoms with van der Waals surface area (Å²) in [6.07, 6.45) is 7.76. The molecule has 62 valence electrons. The zero-order chi connectivity index (χ0) is 8.04. The van der Waals surface area contributed by atoms with Gasteiger partial charge in [0, 0.05) is 18.8 Å². The van der Waals surface area contributed by atoms with Crippen molar-refractivity contribution < 1.29 is 2.70 Å². The van der Waals surface area contributed by atoms with Crippen molar-refractivity contribution in [2.75, 3.05) is 25.3 Å². The zero-order valence-corrected chi connectivity index (χ0v) is 9.54. The van der Waals surface area contributed by atoms with Crippen LogP contribution in [-0.2, 0) is 0 Å². The largest absolute Gasteiger partial charge is 0.141 e. The number of hydrogen-bond acceptors (Lipinski definition) is 3. The standard InChI is InChI=1S/C6H16NS3/c1-5-6-7(8-2,9-3)10-4/h5-6H2,1-4H3/q+1. The quantitative estimate of drug-likeness (QED) is 0.492. The summed E-state index contributed by atoms with van der Waals surface area (Å²) in [5.74, 6) is 0. The highest BCUT2D eigenvalue weighted by atomic mass is 32.3. The van der Waals surface area contributed by atoms with E-state index >= 15 is 0 Å². The fourth-order valence-corrected chi connectivity index (χ4v) is 3.66. The Morgan fingerprint density at radius 2 is 1.40 bits per heavy atom. The molecule has 0 aromatic heterocycles. The van der Waals surface area contributed by atoms with E-state index in [4.69, 9.17) is 0 Å². The van der Waals surface area contributed by atoms with Crippen LogP contribution in [0.25, 0.3) is 0 Å². The molecular weight excluding hydrogens is 182 g/mol. The molecule has 4 heteroatoms. The average molecular weight is 198 g/mol. The molecule has 0 radical (unpaired) electrons. The summed E-state index contributed by atoms with van der Waals surface area (Å²) >= 11 is 5.72. The molecule has 0 aromatic carbocycles. The molecule has 0 aromatic rings. The first kappa shape index (κ1) is 11.0. The van der Waals surface area contributed by atoms with E-state index < -0.39 is 0 Å². The number of quaternary nitrogens is 1. The third-order valence-corrected chi connectivity index (χ3v) is 6.23. The van der Waals surface area contributed by atoms with E-state index in [-0.39, 0.29) is 0 Å². The predicted molar refractivity (Wildman–Crippen MR) is 56.0 cm³/mol. The van der Waals surface area contributed by atoms with E-state index in [1.54, 1.807) is 0 Å². The van der Waals surface area contributed by atoms with Crippen LogP contribution in [0.3, 0.4) is 0 Å². The number of rotatable bonds is 5. The molecule has 0 bridgehead atoms. The first-order chi connectivity index (χ1) is 4.74. The van der Waals surface area contributed by atoms with Gasteiger partial charge in [0.1, 0.15) is 6.54 Å². The van der Waals surface area contributed by atoms with Gasteiger partial charge in [-0.15, -0.1) is 2.70 Å². The molecule has 0 N–H and O–H groups in total. The van der Waals surface area contributed by atoms with Gasteiger partial charge in [0.15, 0.2) is 0 Å². The van der Waals surface area contributed by atoms with E-state index in [9.17, 15) is 0 Å². The highest BCUT2D eigenvalue weighted by molar-refractivity contribution is 8.17. The molecule has 0 saturated heterocycles. The van der Waals surface area contributed by atoms with E-state index in [0.717, 1.165) is 2.70 Å². The van der Waals surface area contributed by atoms with Gasteiger partial charge in [-0.1, -0.05) is 6.92 Å². The van der Waals surface area contributed by atoms with Crippen LogP contribution in [-0.4, -0.2) is 28.0 Å². The second-order valence-electron chi connectivity index (χ2n) is 1.88. The van der Waals surface area contributed by atoms with Crippen molar-refractivity contribution >= 4 is 35.8 Å². The second kappa shape index (κ2) is 5.63. The molecule has 0 aliphatic rings. The summed E-state index contributed by atoms with van der Waals surface area (Å²) in [7, 11) is 0. The second-order valence-corrected chi connectivity index (χ2v) is 5.54. The molecule has 0 rings (SSSR count). The lowest BCUT2D eigenvalue weighted by molar-refractivity contribution is -0.476. The van der Waals surface area contributed by atoms with Crippen LogP contribution in [0.4, 0.5) is 0 Å². The Morgan fingerprint density at radius 3 is 1.50 bits per heavy atom. The van der Waals surface area contributed by atoms with Crippen molar-refractivity contribution in [2.45, 2.75) is 13.3 Å². The Hall–Kier alpha value is 1.01. The Balaban J connectivity index is 3.87. The lowest BCUT2D eigenvalue weighted by Gasteiger charge is -2.26. The smallest absolute Gasteiger partial charge is 0.111 e. The van der Waals surface area contributed by atoms with Gasteiger partial charge in [-0.05, 0) is 6.42 Å². The van der Waals surface area contributed by atoms with Crippen molar-refractivity contribution in [3.63, 3.8) is 0 Å². The minimum Gasteiger partial charge on any atom is -0.141 e. The molecule has 10 heavy (non-hydrogen) atoms. The van der Waals surface area contributed by atoms with Gasteiger partial charge in [0.2, 0.25) is 0 Å². The molecule has 0 aliphatic heterocycles. The topological polar surface area (TPSA) is 0 Å². The third-order valence-electron chi connectivity index (χ3n) is 1.33. The maximum atomic E-state index is 2.23. The summed E-state index contributed by atoms with van der Waals surface area (Å²) in [6.45, 7) is 3.47. The van der Waals surface area contributed by atoms with Gasteiger partial charge in [0.05, 0.1) is 35.8 Å². The summed E-state index contributed by atoms with van der Waals surface area (Å²) < 4.78 is 1.05. The molecular formula is C6H16NS3+. The molecule has 0 spiro atoms. The number of hydrogen-bond donors (Lipinski definition) is 0. The average Bonchev–Trinajstić information content (AvgIpc) is 2.01. The van der Waals surface area contributed by atoms with Crippen molar-refractivity contribution in [3.05, 3.63) is 0 Å². The van der Waals surface area contributed by atoms with Crippen LogP contribution in [0, 0.1) is 0 Å². The summed E-state index contributed by atoms with van der Waals surface area (Å²) in [4.78, 5) is 0. The first-order valence-electron chi connectivity index (χ1n) is 3.30. The molecule has 0 fully saturated rings. The van der Waals surface area contributed by atoms with Gasteiger partial charge >= 0.3 is 0 Å². The Morgan fingerprint density at radius 1 is 1.00 bits per heavy atom. The SMILES string of the molecule is CCC[N+](SC)(SC)SC. The van der Waals surface area contributed by atoms with Crippen LogP contribution < -0.4 is 0 Å². The minimum absolute atomic E-state index is 1.05. The van der Waals surface area contributed by atoms with Gasteiger partial charge in [-0.25, -0.2) is 0 Å². The third kappa shape index (κ3) is 2.95. The van der Waals surface area contributed by atoms with Gasteiger partial charge in [0.25, 0.3) is 0 Å². The van der Waals surface area contributed by atoms with Crippen molar-refractivity contribution in [2.24, 2.45) is 0 Å². The molecule has 0 amide bonds. The van der Waals surface area contributed by atoms with Crippen LogP contribution in [0.1, 0.15) is 13.3 Å². The van der Waals surface area contributed by atoms with Crippen LogP contribution >= 0.6 is 35.8 Å². The monoisotopic (exact) mass is 198 g/mol. The highest BCUT2D eigenvalue weighted by Crippen LogP contribution is 2.39. The van der Waals surface area contributed by atoms with E-state index in [1.165, 1.54) is 13.0 Å². The molecule has 0 atom stereocenters. The normalized spacial score (nSPS) is 12.0. The van der Waals surface area contributed by atoms with Gasteiger partial charge in [-0.3, -0.25) is 0 Å². The number of nitrogens with zero attached hydrogens (tertiary/aromatic N) is 1. The maximum Gasteiger partial charge on any atom is 0.111 e. The lowest BCUT2D eigenvalue weighted by Crippen LogP contribution is -2.24. The minimum atomic E-state index is 1.05. The van der Waals surface area contributed by atoms with Crippen LogP contribution in [0.2, 0.25) is 0 Å². The molecule has 1 nitrogen and oxygen atoms in total. The predicted octanol–water partition coefficient (Wildman–Crippen LogP) is 3.05.